The molecule has 2 atom stereocenters. The SMILES string of the molecule is COC(=O)CCS[C@H](c1ccccc1CCCCCCCCc1ccccc1)[C@@](C)(O)C(=O)O. The van der Waals surface area contributed by atoms with Gasteiger partial charge in [-0.25, -0.2) is 4.79 Å². The highest BCUT2D eigenvalue weighted by atomic mass is 32.2. The Morgan fingerprint density at radius 2 is 1.50 bits per heavy atom. The van der Waals surface area contributed by atoms with Gasteiger partial charge in [0.25, 0.3) is 0 Å². The molecule has 6 heteroatoms. The topological polar surface area (TPSA) is 83.8 Å². The molecule has 34 heavy (non-hydrogen) atoms. The van der Waals surface area contributed by atoms with Crippen molar-refractivity contribution in [1.82, 2.24) is 0 Å². The third-order valence-corrected chi connectivity index (χ3v) is 7.59. The molecule has 0 amide bonds. The van der Waals surface area contributed by atoms with E-state index in [1.165, 1.54) is 57.0 Å². The van der Waals surface area contributed by atoms with Crippen LogP contribution in [0.1, 0.15) is 73.8 Å². The number of aliphatic hydroxyl groups is 1. The number of ether oxygens (including phenoxy) is 1. The highest BCUT2D eigenvalue weighted by Crippen LogP contribution is 2.41. The van der Waals surface area contributed by atoms with Gasteiger partial charge in [0, 0.05) is 5.75 Å². The highest BCUT2D eigenvalue weighted by molar-refractivity contribution is 7.99. The van der Waals surface area contributed by atoms with Gasteiger partial charge in [-0.2, -0.15) is 0 Å². The standard InChI is InChI=1S/C28H38O5S/c1-28(32,27(30)31)26(34-21-20-25(29)33-2)24-19-13-12-18-23(24)17-11-6-4-3-5-8-14-22-15-9-7-10-16-22/h7,9-10,12-13,15-16,18-19,26,32H,3-6,8,11,14,17,20-21H2,1-2H3,(H,30,31)/t26-,28-/m1/s1. The van der Waals surface area contributed by atoms with Crippen molar-refractivity contribution in [2.24, 2.45) is 0 Å². The third-order valence-electron chi connectivity index (χ3n) is 6.10. The molecule has 186 valence electrons. The maximum atomic E-state index is 11.8. The number of aliphatic carboxylic acids is 1. The van der Waals surface area contributed by atoms with Gasteiger partial charge in [0.2, 0.25) is 0 Å². The van der Waals surface area contributed by atoms with E-state index in [0.29, 0.717) is 5.75 Å². The third kappa shape index (κ3) is 9.15. The van der Waals surface area contributed by atoms with Gasteiger partial charge < -0.3 is 14.9 Å². The number of carbonyl (C=O) groups excluding carboxylic acids is 1. The highest BCUT2D eigenvalue weighted by Gasteiger charge is 2.41. The molecular weight excluding hydrogens is 448 g/mol. The maximum Gasteiger partial charge on any atom is 0.336 e. The summed E-state index contributed by atoms with van der Waals surface area (Å²) in [5.41, 5.74) is 1.34. The zero-order valence-electron chi connectivity index (χ0n) is 20.4. The molecule has 2 aromatic carbocycles. The second-order valence-electron chi connectivity index (χ2n) is 8.84. The number of methoxy groups -OCH3 is 1. The first-order valence-corrected chi connectivity index (χ1v) is 13.2. The molecule has 0 aromatic heterocycles. The van der Waals surface area contributed by atoms with Crippen LogP contribution in [0.3, 0.4) is 0 Å². The predicted molar refractivity (Wildman–Crippen MR) is 138 cm³/mol. The number of hydrogen-bond acceptors (Lipinski definition) is 5. The number of benzene rings is 2. The monoisotopic (exact) mass is 486 g/mol. The Labute approximate surface area is 207 Å². The van der Waals surface area contributed by atoms with E-state index in [4.69, 9.17) is 0 Å². The minimum atomic E-state index is -1.95. The lowest BCUT2D eigenvalue weighted by Gasteiger charge is -2.30. The average molecular weight is 487 g/mol. The van der Waals surface area contributed by atoms with Crippen molar-refractivity contribution in [1.29, 1.82) is 0 Å². The van der Waals surface area contributed by atoms with Gasteiger partial charge in [-0.15, -0.1) is 11.8 Å². The van der Waals surface area contributed by atoms with Crippen LogP contribution in [0.4, 0.5) is 0 Å². The number of hydrogen-bond donors (Lipinski definition) is 2. The molecule has 2 rings (SSSR count). The molecule has 0 bridgehead atoms. The summed E-state index contributed by atoms with van der Waals surface area (Å²) >= 11 is 1.29. The second kappa shape index (κ2) is 14.8. The van der Waals surface area contributed by atoms with Gasteiger partial charge in [-0.3, -0.25) is 4.79 Å². The van der Waals surface area contributed by atoms with Crippen molar-refractivity contribution in [3.8, 4) is 0 Å². The smallest absolute Gasteiger partial charge is 0.336 e. The van der Waals surface area contributed by atoms with Gasteiger partial charge in [0.15, 0.2) is 5.60 Å². The minimum Gasteiger partial charge on any atom is -0.479 e. The predicted octanol–water partition coefficient (Wildman–Crippen LogP) is 5.99. The summed E-state index contributed by atoms with van der Waals surface area (Å²) in [4.78, 5) is 23.3. The number of esters is 1. The molecule has 0 saturated heterocycles. The normalized spacial score (nSPS) is 13.7. The van der Waals surface area contributed by atoms with E-state index in [-0.39, 0.29) is 12.4 Å². The van der Waals surface area contributed by atoms with Crippen molar-refractivity contribution < 1.29 is 24.5 Å². The van der Waals surface area contributed by atoms with Gasteiger partial charge >= 0.3 is 11.9 Å². The molecule has 2 N–H and O–H groups in total. The molecule has 2 aromatic rings. The Hall–Kier alpha value is -2.31. The van der Waals surface area contributed by atoms with Crippen LogP contribution in [0, 0.1) is 0 Å². The van der Waals surface area contributed by atoms with Crippen LogP contribution in [0.5, 0.6) is 0 Å². The van der Waals surface area contributed by atoms with Crippen LogP contribution in [0.15, 0.2) is 54.6 Å². The molecular formula is C28H38O5S. The summed E-state index contributed by atoms with van der Waals surface area (Å²) in [7, 11) is 1.33. The summed E-state index contributed by atoms with van der Waals surface area (Å²) in [6.45, 7) is 1.33. The first kappa shape index (κ1) is 27.9. The zero-order chi connectivity index (χ0) is 24.8. The van der Waals surface area contributed by atoms with Crippen LogP contribution >= 0.6 is 11.8 Å². The number of carbonyl (C=O) groups is 2. The Kier molecular flexibility index (Phi) is 12.2. The van der Waals surface area contributed by atoms with Crippen molar-refractivity contribution >= 4 is 23.7 Å². The number of aryl methyl sites for hydroxylation is 2. The van der Waals surface area contributed by atoms with Crippen LogP contribution in [-0.2, 0) is 27.2 Å². The van der Waals surface area contributed by atoms with Crippen LogP contribution in [-0.4, -0.2) is 40.6 Å². The van der Waals surface area contributed by atoms with E-state index in [1.54, 1.807) is 0 Å². The van der Waals surface area contributed by atoms with Crippen molar-refractivity contribution in [3.63, 3.8) is 0 Å². The lowest BCUT2D eigenvalue weighted by Crippen LogP contribution is -2.40. The van der Waals surface area contributed by atoms with Crippen LogP contribution in [0.2, 0.25) is 0 Å². The Bertz CT molecular complexity index is 881. The largest absolute Gasteiger partial charge is 0.479 e. The summed E-state index contributed by atoms with van der Waals surface area (Å²) in [6, 6.07) is 18.3. The number of unbranched alkanes of at least 4 members (excludes halogenated alkanes) is 5. The van der Waals surface area contributed by atoms with Gasteiger partial charge in [-0.05, 0) is 49.3 Å². The van der Waals surface area contributed by atoms with E-state index >= 15 is 0 Å². The van der Waals surface area contributed by atoms with Crippen molar-refractivity contribution in [2.75, 3.05) is 12.9 Å². The molecule has 0 saturated carbocycles. The Morgan fingerprint density at radius 1 is 0.912 bits per heavy atom. The van der Waals surface area contributed by atoms with Gasteiger partial charge in [-0.1, -0.05) is 80.3 Å². The number of thioether (sulfide) groups is 1. The fraction of sp³-hybridized carbons (Fsp3) is 0.500. The first-order chi connectivity index (χ1) is 16.4. The molecule has 0 fully saturated rings. The Balaban J connectivity index is 1.87. The average Bonchev–Trinajstić information content (AvgIpc) is 2.84. The number of rotatable bonds is 16. The fourth-order valence-corrected chi connectivity index (χ4v) is 5.40. The van der Waals surface area contributed by atoms with E-state index in [9.17, 15) is 19.8 Å². The summed E-state index contributed by atoms with van der Waals surface area (Å²) in [6.07, 6.45) is 9.11. The summed E-state index contributed by atoms with van der Waals surface area (Å²) < 4.78 is 4.69. The quantitative estimate of drug-likeness (QED) is 0.224. The molecule has 0 unspecified atom stereocenters. The molecule has 0 aliphatic heterocycles. The van der Waals surface area contributed by atoms with Crippen molar-refractivity contribution in [3.05, 3.63) is 71.3 Å². The lowest BCUT2D eigenvalue weighted by molar-refractivity contribution is -0.156. The Morgan fingerprint density at radius 3 is 2.15 bits per heavy atom. The van der Waals surface area contributed by atoms with Gasteiger partial charge in [0.05, 0.1) is 18.8 Å². The zero-order valence-corrected chi connectivity index (χ0v) is 21.2. The maximum absolute atomic E-state index is 11.8. The summed E-state index contributed by atoms with van der Waals surface area (Å²) in [5.74, 6) is -1.25. The first-order valence-electron chi connectivity index (χ1n) is 12.1. The molecule has 5 nitrogen and oxygen atoms in total. The molecule has 0 aliphatic rings. The van der Waals surface area contributed by atoms with Crippen LogP contribution < -0.4 is 0 Å². The van der Waals surface area contributed by atoms with Crippen LogP contribution in [0.25, 0.3) is 0 Å². The van der Waals surface area contributed by atoms with E-state index in [0.717, 1.165) is 36.8 Å². The molecule has 0 spiro atoms. The second-order valence-corrected chi connectivity index (χ2v) is 10.0. The molecule has 0 heterocycles. The number of carboxylic acids is 1. The fourth-order valence-electron chi connectivity index (χ4n) is 4.04. The van der Waals surface area contributed by atoms with E-state index in [2.05, 4.69) is 29.0 Å². The molecule has 0 radical (unpaired) electrons. The van der Waals surface area contributed by atoms with Crippen molar-refractivity contribution in [2.45, 2.75) is 75.6 Å². The lowest BCUT2D eigenvalue weighted by atomic mass is 9.90. The van der Waals surface area contributed by atoms with Gasteiger partial charge in [0.1, 0.15) is 0 Å². The van der Waals surface area contributed by atoms with E-state index < -0.39 is 16.8 Å². The number of carboxylic acid groups (broad SMARTS) is 1. The summed E-state index contributed by atoms with van der Waals surface area (Å²) in [5, 5.41) is 19.8. The van der Waals surface area contributed by atoms with E-state index in [1.807, 2.05) is 30.3 Å². The minimum absolute atomic E-state index is 0.166. The molecule has 0 aliphatic carbocycles.